The van der Waals surface area contributed by atoms with Crippen molar-refractivity contribution in [1.29, 1.82) is 0 Å². The van der Waals surface area contributed by atoms with Crippen LogP contribution in [0, 0.1) is 5.82 Å². The number of hydrogen-bond acceptors (Lipinski definition) is 6. The smallest absolute Gasteiger partial charge is 0.328 e. The number of benzene rings is 2. The van der Waals surface area contributed by atoms with Gasteiger partial charge in [-0.3, -0.25) is 0 Å². The number of amides is 2. The lowest BCUT2D eigenvalue weighted by Gasteiger charge is -2.38. The first kappa shape index (κ1) is 24.7. The van der Waals surface area contributed by atoms with Gasteiger partial charge in [-0.1, -0.05) is 12.1 Å². The molecule has 0 radical (unpaired) electrons. The Morgan fingerprint density at radius 3 is 2.42 bits per heavy atom. The lowest BCUT2D eigenvalue weighted by atomic mass is 9.87. The number of hydrogen-bond donors (Lipinski definition) is 1. The van der Waals surface area contributed by atoms with Gasteiger partial charge in [-0.15, -0.1) is 0 Å². The number of esters is 1. The van der Waals surface area contributed by atoms with Crippen LogP contribution in [0.15, 0.2) is 36.4 Å². The van der Waals surface area contributed by atoms with Crippen molar-refractivity contribution in [2.75, 3.05) is 39.9 Å². The largest absolute Gasteiger partial charge is 0.493 e. The number of fused-ring (bicyclic) bond motifs is 1. The quantitative estimate of drug-likeness (QED) is 0.584. The van der Waals surface area contributed by atoms with Crippen LogP contribution >= 0.6 is 11.8 Å². The molecule has 1 aliphatic heterocycles. The first-order chi connectivity index (χ1) is 15.9. The molecule has 0 spiro atoms. The zero-order valence-corrected chi connectivity index (χ0v) is 20.0. The summed E-state index contributed by atoms with van der Waals surface area (Å²) in [6.45, 7) is 0.410. The molecule has 2 atom stereocenters. The van der Waals surface area contributed by atoms with Crippen LogP contribution in [0.1, 0.15) is 29.2 Å². The average Bonchev–Trinajstić information content (AvgIpc) is 2.84. The number of halogens is 1. The van der Waals surface area contributed by atoms with Crippen molar-refractivity contribution in [2.24, 2.45) is 0 Å². The van der Waals surface area contributed by atoms with Crippen LogP contribution in [-0.4, -0.2) is 62.8 Å². The number of methoxy groups -OCH3 is 3. The number of urea groups is 1. The highest BCUT2D eigenvalue weighted by atomic mass is 32.2. The molecule has 33 heavy (non-hydrogen) atoms. The van der Waals surface area contributed by atoms with E-state index in [1.165, 1.54) is 19.2 Å². The van der Waals surface area contributed by atoms with Gasteiger partial charge in [0, 0.05) is 6.54 Å². The molecule has 1 unspecified atom stereocenters. The third kappa shape index (κ3) is 5.52. The topological polar surface area (TPSA) is 77.1 Å². The van der Waals surface area contributed by atoms with Crippen LogP contribution < -0.4 is 14.8 Å². The monoisotopic (exact) mass is 476 g/mol. The van der Waals surface area contributed by atoms with E-state index in [-0.39, 0.29) is 11.8 Å². The van der Waals surface area contributed by atoms with Crippen molar-refractivity contribution in [2.45, 2.75) is 24.9 Å². The summed E-state index contributed by atoms with van der Waals surface area (Å²) in [6.07, 6.45) is 2.98. The van der Waals surface area contributed by atoms with Gasteiger partial charge in [0.25, 0.3) is 0 Å². The molecule has 0 aromatic heterocycles. The molecule has 0 saturated carbocycles. The van der Waals surface area contributed by atoms with E-state index in [0.29, 0.717) is 36.6 Å². The summed E-state index contributed by atoms with van der Waals surface area (Å²) >= 11 is 1.58. The highest BCUT2D eigenvalue weighted by Crippen LogP contribution is 2.41. The molecule has 2 aromatic carbocycles. The van der Waals surface area contributed by atoms with E-state index >= 15 is 0 Å². The minimum Gasteiger partial charge on any atom is -0.493 e. The van der Waals surface area contributed by atoms with Crippen LogP contribution in [0.25, 0.3) is 0 Å². The third-order valence-electron chi connectivity index (χ3n) is 5.71. The number of rotatable bonds is 8. The van der Waals surface area contributed by atoms with E-state index in [4.69, 9.17) is 14.2 Å². The van der Waals surface area contributed by atoms with E-state index < -0.39 is 18.1 Å². The molecule has 2 aromatic rings. The molecule has 3 rings (SSSR count). The fraction of sp³-hybridized carbons (Fsp3) is 0.417. The van der Waals surface area contributed by atoms with Gasteiger partial charge in [0.05, 0.1) is 27.4 Å². The second kappa shape index (κ2) is 11.3. The standard InChI is InChI=1S/C24H29FN2O5S/c1-30-20-13-16-9-11-27(24(29)26-19(10-12-33-4)23(28)32-3)22(18(16)14-21(20)31-2)15-5-7-17(25)8-6-15/h5-8,13-14,19,22H,9-12H2,1-4H3,(H,26,29)/t19-,22?/m1/s1. The molecule has 178 valence electrons. The fourth-order valence-corrected chi connectivity index (χ4v) is 4.50. The summed E-state index contributed by atoms with van der Waals surface area (Å²) in [7, 11) is 4.43. The maximum absolute atomic E-state index is 13.7. The molecular formula is C24H29FN2O5S. The molecule has 1 aliphatic rings. The van der Waals surface area contributed by atoms with E-state index in [9.17, 15) is 14.0 Å². The highest BCUT2D eigenvalue weighted by molar-refractivity contribution is 7.98. The van der Waals surface area contributed by atoms with Crippen LogP contribution in [0.2, 0.25) is 0 Å². The summed E-state index contributed by atoms with van der Waals surface area (Å²) in [5.74, 6) is 0.995. The molecule has 2 amide bonds. The Morgan fingerprint density at radius 1 is 1.15 bits per heavy atom. The van der Waals surface area contributed by atoms with Gasteiger partial charge in [0.2, 0.25) is 0 Å². The number of nitrogens with one attached hydrogen (secondary N) is 1. The Hall–Kier alpha value is -2.94. The van der Waals surface area contributed by atoms with Gasteiger partial charge in [-0.2, -0.15) is 11.8 Å². The summed E-state index contributed by atoms with van der Waals surface area (Å²) < 4.78 is 29.5. The molecular weight excluding hydrogens is 447 g/mol. The first-order valence-corrected chi connectivity index (χ1v) is 12.0. The number of ether oxygens (including phenoxy) is 3. The fourth-order valence-electron chi connectivity index (χ4n) is 4.03. The summed E-state index contributed by atoms with van der Waals surface area (Å²) in [5.41, 5.74) is 2.62. The van der Waals surface area contributed by atoms with Crippen molar-refractivity contribution < 1.29 is 28.2 Å². The minimum atomic E-state index is -0.754. The Morgan fingerprint density at radius 2 is 1.82 bits per heavy atom. The SMILES string of the molecule is COC(=O)[C@@H](CCSC)NC(=O)N1CCc2cc(OC)c(OC)cc2C1c1ccc(F)cc1. The lowest BCUT2D eigenvalue weighted by Crippen LogP contribution is -2.51. The molecule has 0 fully saturated rings. The zero-order valence-electron chi connectivity index (χ0n) is 19.2. The number of nitrogens with zero attached hydrogens (tertiary/aromatic N) is 1. The molecule has 1 heterocycles. The van der Waals surface area contributed by atoms with E-state index in [1.807, 2.05) is 18.4 Å². The van der Waals surface area contributed by atoms with Gasteiger partial charge in [-0.05, 0) is 65.8 Å². The second-order valence-electron chi connectivity index (χ2n) is 7.61. The Balaban J connectivity index is 2.01. The number of thioether (sulfide) groups is 1. The Kier molecular flexibility index (Phi) is 8.43. The van der Waals surface area contributed by atoms with Crippen LogP contribution in [-0.2, 0) is 16.0 Å². The first-order valence-electron chi connectivity index (χ1n) is 10.6. The highest BCUT2D eigenvalue weighted by Gasteiger charge is 2.35. The van der Waals surface area contributed by atoms with Crippen molar-refractivity contribution in [1.82, 2.24) is 10.2 Å². The molecule has 7 nitrogen and oxygen atoms in total. The maximum Gasteiger partial charge on any atom is 0.328 e. The number of carbonyl (C=O) groups is 2. The van der Waals surface area contributed by atoms with E-state index in [1.54, 1.807) is 43.0 Å². The number of carbonyl (C=O) groups excluding carboxylic acids is 2. The van der Waals surface area contributed by atoms with Crippen LogP contribution in [0.4, 0.5) is 9.18 Å². The summed E-state index contributed by atoms with van der Waals surface area (Å²) in [5, 5.41) is 2.83. The average molecular weight is 477 g/mol. The van der Waals surface area contributed by atoms with Gasteiger partial charge in [0.15, 0.2) is 11.5 Å². The van der Waals surface area contributed by atoms with Gasteiger partial charge in [-0.25, -0.2) is 14.0 Å². The second-order valence-corrected chi connectivity index (χ2v) is 8.60. The van der Waals surface area contributed by atoms with Crippen molar-refractivity contribution >= 4 is 23.8 Å². The van der Waals surface area contributed by atoms with Crippen LogP contribution in [0.5, 0.6) is 11.5 Å². The van der Waals surface area contributed by atoms with Gasteiger partial charge in [0.1, 0.15) is 11.9 Å². The molecule has 9 heteroatoms. The maximum atomic E-state index is 13.7. The van der Waals surface area contributed by atoms with E-state index in [0.717, 1.165) is 16.7 Å². The molecule has 0 aliphatic carbocycles. The normalized spacial score (nSPS) is 15.9. The predicted octanol–water partition coefficient (Wildman–Crippen LogP) is 3.79. The predicted molar refractivity (Wildman–Crippen MR) is 126 cm³/mol. The third-order valence-corrected chi connectivity index (χ3v) is 6.36. The van der Waals surface area contributed by atoms with Gasteiger partial charge >= 0.3 is 12.0 Å². The van der Waals surface area contributed by atoms with E-state index in [2.05, 4.69) is 5.32 Å². The summed E-state index contributed by atoms with van der Waals surface area (Å²) in [6, 6.07) is 8.20. The van der Waals surface area contributed by atoms with Crippen molar-refractivity contribution in [3.05, 3.63) is 58.9 Å². The zero-order chi connectivity index (χ0) is 24.0. The Bertz CT molecular complexity index is 986. The van der Waals surface area contributed by atoms with Crippen LogP contribution in [0.3, 0.4) is 0 Å². The van der Waals surface area contributed by atoms with Crippen molar-refractivity contribution in [3.8, 4) is 11.5 Å². The molecule has 0 bridgehead atoms. The van der Waals surface area contributed by atoms with Gasteiger partial charge < -0.3 is 24.4 Å². The van der Waals surface area contributed by atoms with Crippen molar-refractivity contribution in [3.63, 3.8) is 0 Å². The lowest BCUT2D eigenvalue weighted by molar-refractivity contribution is -0.142. The minimum absolute atomic E-state index is 0.360. The summed E-state index contributed by atoms with van der Waals surface area (Å²) in [4.78, 5) is 27.3. The molecule has 1 N–H and O–H groups in total. The Labute approximate surface area is 197 Å². The molecule has 0 saturated heterocycles.